The Balaban J connectivity index is 2.39. The van der Waals surface area contributed by atoms with Gasteiger partial charge in [-0.3, -0.25) is 4.79 Å². The molecule has 1 aliphatic rings. The Kier molecular flexibility index (Phi) is 3.72. The Hall–Kier alpha value is -0.570. The van der Waals surface area contributed by atoms with Crippen molar-refractivity contribution < 1.29 is 9.53 Å². The smallest absolute Gasteiger partial charge is 0.308 e. The molecule has 0 bridgehead atoms. The third-order valence-corrected chi connectivity index (χ3v) is 3.10. The molecule has 0 saturated heterocycles. The summed E-state index contributed by atoms with van der Waals surface area (Å²) in [5.41, 5.74) is 5.79. The zero-order valence-corrected chi connectivity index (χ0v) is 8.45. The lowest BCUT2D eigenvalue weighted by Gasteiger charge is -2.29. The van der Waals surface area contributed by atoms with Gasteiger partial charge in [0.05, 0.1) is 13.0 Å². The number of ether oxygens (including phenoxy) is 1. The number of hydrogen-bond donors (Lipinski definition) is 1. The van der Waals surface area contributed by atoms with Crippen molar-refractivity contribution in [3.63, 3.8) is 0 Å². The summed E-state index contributed by atoms with van der Waals surface area (Å²) >= 11 is 0. The summed E-state index contributed by atoms with van der Waals surface area (Å²) in [5.74, 6) is 0.435. The van der Waals surface area contributed by atoms with Crippen molar-refractivity contribution in [1.29, 1.82) is 0 Å². The monoisotopic (exact) mass is 185 g/mol. The van der Waals surface area contributed by atoms with E-state index in [1.54, 1.807) is 0 Å². The molecule has 3 heteroatoms. The molecule has 0 aromatic heterocycles. The second kappa shape index (κ2) is 4.61. The summed E-state index contributed by atoms with van der Waals surface area (Å²) in [5, 5.41) is 0. The van der Waals surface area contributed by atoms with Gasteiger partial charge in [-0.25, -0.2) is 0 Å². The molecule has 2 N–H and O–H groups in total. The lowest BCUT2D eigenvalue weighted by molar-refractivity contribution is -0.147. The highest BCUT2D eigenvalue weighted by Crippen LogP contribution is 2.29. The molecular formula is C10H19NO2. The van der Waals surface area contributed by atoms with E-state index in [0.29, 0.717) is 12.0 Å². The molecule has 1 saturated carbocycles. The highest BCUT2D eigenvalue weighted by atomic mass is 16.5. The molecule has 0 aromatic rings. The molecule has 1 fully saturated rings. The van der Waals surface area contributed by atoms with Gasteiger partial charge in [-0.05, 0) is 31.6 Å². The van der Waals surface area contributed by atoms with Gasteiger partial charge < -0.3 is 10.5 Å². The Morgan fingerprint density at radius 2 is 1.92 bits per heavy atom. The van der Waals surface area contributed by atoms with Crippen LogP contribution in [-0.4, -0.2) is 19.1 Å². The SMILES string of the molecule is COC(=O)C(C)C1CCC(N)CC1. The highest BCUT2D eigenvalue weighted by Gasteiger charge is 2.28. The average Bonchev–Trinajstić information content (AvgIpc) is 2.17. The fourth-order valence-electron chi connectivity index (χ4n) is 2.02. The van der Waals surface area contributed by atoms with E-state index in [1.165, 1.54) is 7.11 Å². The summed E-state index contributed by atoms with van der Waals surface area (Å²) in [6, 6.07) is 0.348. The van der Waals surface area contributed by atoms with Crippen LogP contribution in [0.3, 0.4) is 0 Å². The van der Waals surface area contributed by atoms with Crippen LogP contribution in [0.25, 0.3) is 0 Å². The molecule has 0 amide bonds. The molecule has 3 nitrogen and oxygen atoms in total. The minimum atomic E-state index is -0.0829. The minimum absolute atomic E-state index is 0.0394. The van der Waals surface area contributed by atoms with Crippen molar-refractivity contribution in [3.8, 4) is 0 Å². The normalized spacial score (nSPS) is 31.0. The quantitative estimate of drug-likeness (QED) is 0.660. The van der Waals surface area contributed by atoms with Crippen LogP contribution in [0.4, 0.5) is 0 Å². The van der Waals surface area contributed by atoms with Gasteiger partial charge in [0, 0.05) is 6.04 Å². The number of carbonyl (C=O) groups is 1. The fraction of sp³-hybridized carbons (Fsp3) is 0.900. The van der Waals surface area contributed by atoms with Gasteiger partial charge in [0.2, 0.25) is 0 Å². The van der Waals surface area contributed by atoms with E-state index in [2.05, 4.69) is 0 Å². The van der Waals surface area contributed by atoms with E-state index in [-0.39, 0.29) is 11.9 Å². The first-order chi connectivity index (χ1) is 6.15. The van der Waals surface area contributed by atoms with E-state index in [0.717, 1.165) is 25.7 Å². The number of esters is 1. The first kappa shape index (κ1) is 10.5. The number of methoxy groups -OCH3 is 1. The van der Waals surface area contributed by atoms with Crippen LogP contribution in [0.1, 0.15) is 32.6 Å². The molecule has 76 valence electrons. The first-order valence-corrected chi connectivity index (χ1v) is 4.98. The van der Waals surface area contributed by atoms with Crippen LogP contribution in [0.15, 0.2) is 0 Å². The zero-order valence-electron chi connectivity index (χ0n) is 8.45. The van der Waals surface area contributed by atoms with Gasteiger partial charge >= 0.3 is 5.97 Å². The van der Waals surface area contributed by atoms with Crippen LogP contribution in [0.5, 0.6) is 0 Å². The fourth-order valence-corrected chi connectivity index (χ4v) is 2.02. The van der Waals surface area contributed by atoms with Crippen LogP contribution < -0.4 is 5.73 Å². The second-order valence-electron chi connectivity index (χ2n) is 3.99. The maximum absolute atomic E-state index is 11.2. The molecule has 0 aliphatic heterocycles. The summed E-state index contributed by atoms with van der Waals surface area (Å²) in [6.07, 6.45) is 4.23. The number of carbonyl (C=O) groups excluding carboxylic acids is 1. The van der Waals surface area contributed by atoms with Gasteiger partial charge in [0.15, 0.2) is 0 Å². The maximum atomic E-state index is 11.2. The van der Waals surface area contributed by atoms with Crippen molar-refractivity contribution in [2.24, 2.45) is 17.6 Å². The Morgan fingerprint density at radius 3 is 2.38 bits per heavy atom. The lowest BCUT2D eigenvalue weighted by atomic mass is 9.79. The maximum Gasteiger partial charge on any atom is 0.308 e. The molecule has 13 heavy (non-hydrogen) atoms. The molecule has 0 radical (unpaired) electrons. The largest absolute Gasteiger partial charge is 0.469 e. The molecule has 0 spiro atoms. The predicted molar refractivity (Wildman–Crippen MR) is 51.1 cm³/mol. The first-order valence-electron chi connectivity index (χ1n) is 4.98. The Morgan fingerprint density at radius 1 is 1.38 bits per heavy atom. The lowest BCUT2D eigenvalue weighted by Crippen LogP contribution is -2.31. The van der Waals surface area contributed by atoms with Crippen molar-refractivity contribution in [3.05, 3.63) is 0 Å². The number of hydrogen-bond acceptors (Lipinski definition) is 3. The van der Waals surface area contributed by atoms with E-state index in [1.807, 2.05) is 6.92 Å². The van der Waals surface area contributed by atoms with E-state index in [4.69, 9.17) is 10.5 Å². The third-order valence-electron chi connectivity index (χ3n) is 3.10. The van der Waals surface area contributed by atoms with Gasteiger partial charge in [0.1, 0.15) is 0 Å². The van der Waals surface area contributed by atoms with Crippen LogP contribution in [0, 0.1) is 11.8 Å². The van der Waals surface area contributed by atoms with Crippen molar-refractivity contribution >= 4 is 5.97 Å². The van der Waals surface area contributed by atoms with Crippen LogP contribution >= 0.6 is 0 Å². The number of nitrogens with two attached hydrogens (primary N) is 1. The van der Waals surface area contributed by atoms with Crippen LogP contribution in [0.2, 0.25) is 0 Å². The molecule has 1 rings (SSSR count). The van der Waals surface area contributed by atoms with Crippen molar-refractivity contribution in [2.75, 3.05) is 7.11 Å². The third kappa shape index (κ3) is 2.69. The topological polar surface area (TPSA) is 52.3 Å². The summed E-state index contributed by atoms with van der Waals surface area (Å²) in [7, 11) is 1.45. The Bertz CT molecular complexity index is 174. The molecule has 1 atom stereocenters. The molecule has 1 unspecified atom stereocenters. The summed E-state index contributed by atoms with van der Waals surface area (Å²) in [4.78, 5) is 11.2. The van der Waals surface area contributed by atoms with Crippen LogP contribution in [-0.2, 0) is 9.53 Å². The highest BCUT2D eigenvalue weighted by molar-refractivity contribution is 5.72. The van der Waals surface area contributed by atoms with E-state index in [9.17, 15) is 4.79 Å². The molecular weight excluding hydrogens is 166 g/mol. The van der Waals surface area contributed by atoms with Crippen molar-refractivity contribution in [1.82, 2.24) is 0 Å². The van der Waals surface area contributed by atoms with Crippen molar-refractivity contribution in [2.45, 2.75) is 38.6 Å². The minimum Gasteiger partial charge on any atom is -0.469 e. The van der Waals surface area contributed by atoms with Gasteiger partial charge in [-0.2, -0.15) is 0 Å². The zero-order chi connectivity index (χ0) is 9.84. The Labute approximate surface area is 79.6 Å². The number of rotatable bonds is 2. The second-order valence-corrected chi connectivity index (χ2v) is 3.99. The molecule has 0 heterocycles. The average molecular weight is 185 g/mol. The predicted octanol–water partition coefficient (Wildman–Crippen LogP) is 1.31. The van der Waals surface area contributed by atoms with Gasteiger partial charge in [-0.1, -0.05) is 6.92 Å². The van der Waals surface area contributed by atoms with Gasteiger partial charge in [0.25, 0.3) is 0 Å². The van der Waals surface area contributed by atoms with E-state index >= 15 is 0 Å². The molecule has 0 aromatic carbocycles. The summed E-state index contributed by atoms with van der Waals surface area (Å²) < 4.78 is 4.72. The summed E-state index contributed by atoms with van der Waals surface area (Å²) in [6.45, 7) is 1.95. The van der Waals surface area contributed by atoms with Gasteiger partial charge in [-0.15, -0.1) is 0 Å². The van der Waals surface area contributed by atoms with E-state index < -0.39 is 0 Å². The standard InChI is InChI=1S/C10H19NO2/c1-7(10(12)13-2)8-3-5-9(11)6-4-8/h7-9H,3-6,11H2,1-2H3. The molecule has 1 aliphatic carbocycles.